The summed E-state index contributed by atoms with van der Waals surface area (Å²) >= 11 is 3.16. The molecule has 3 nitrogen and oxygen atoms in total. The Labute approximate surface area is 124 Å². The van der Waals surface area contributed by atoms with Gasteiger partial charge in [0, 0.05) is 23.2 Å². The Balaban J connectivity index is 2.80. The Morgan fingerprint density at radius 3 is 2.40 bits per heavy atom. The molecule has 1 aromatic rings. The summed E-state index contributed by atoms with van der Waals surface area (Å²) in [4.78, 5) is 13.4. The van der Waals surface area contributed by atoms with E-state index in [0.29, 0.717) is 17.6 Å². The van der Waals surface area contributed by atoms with E-state index in [1.807, 2.05) is 13.8 Å². The van der Waals surface area contributed by atoms with E-state index in [9.17, 15) is 18.0 Å². The number of carbonyl (C=O) groups excluding carboxylic acids is 1. The highest BCUT2D eigenvalue weighted by Gasteiger charge is 2.30. The fourth-order valence-electron chi connectivity index (χ4n) is 1.70. The summed E-state index contributed by atoms with van der Waals surface area (Å²) in [7, 11) is 0. The van der Waals surface area contributed by atoms with Gasteiger partial charge in [-0.2, -0.15) is 13.2 Å². The van der Waals surface area contributed by atoms with Crippen molar-refractivity contribution in [1.82, 2.24) is 4.90 Å². The van der Waals surface area contributed by atoms with Gasteiger partial charge in [0.2, 0.25) is 5.91 Å². The zero-order valence-corrected chi connectivity index (χ0v) is 12.8. The van der Waals surface area contributed by atoms with Crippen LogP contribution in [0.4, 0.5) is 18.9 Å². The lowest BCUT2D eigenvalue weighted by Crippen LogP contribution is -2.35. The molecule has 7 heteroatoms. The fraction of sp³-hybridized carbons (Fsp3) is 0.462. The van der Waals surface area contributed by atoms with Gasteiger partial charge in [0.15, 0.2) is 0 Å². The number of rotatable bonds is 5. The van der Waals surface area contributed by atoms with E-state index in [1.165, 1.54) is 6.07 Å². The van der Waals surface area contributed by atoms with Crippen LogP contribution in [0.25, 0.3) is 0 Å². The minimum atomic E-state index is -4.40. The molecule has 1 amide bonds. The van der Waals surface area contributed by atoms with E-state index in [0.717, 1.165) is 12.1 Å². The SMILES string of the molecule is CCN(CC)C(=O)CNc1cc(C(F)(F)F)ccc1Br. The first-order chi connectivity index (χ1) is 9.29. The molecule has 0 radical (unpaired) electrons. The average molecular weight is 353 g/mol. The molecule has 112 valence electrons. The normalized spacial score (nSPS) is 11.3. The van der Waals surface area contributed by atoms with Crippen LogP contribution in [-0.2, 0) is 11.0 Å². The molecule has 1 N–H and O–H groups in total. The smallest absolute Gasteiger partial charge is 0.375 e. The Kier molecular flexibility index (Phi) is 5.86. The second-order valence-electron chi connectivity index (χ2n) is 4.11. The van der Waals surface area contributed by atoms with Crippen LogP contribution in [0.5, 0.6) is 0 Å². The molecular formula is C13H16BrF3N2O. The largest absolute Gasteiger partial charge is 0.416 e. The number of hydrogen-bond donors (Lipinski definition) is 1. The minimum absolute atomic E-state index is 0.0401. The highest BCUT2D eigenvalue weighted by molar-refractivity contribution is 9.10. The van der Waals surface area contributed by atoms with Crippen molar-refractivity contribution >= 4 is 27.5 Å². The van der Waals surface area contributed by atoms with Crippen LogP contribution in [0.2, 0.25) is 0 Å². The van der Waals surface area contributed by atoms with Crippen LogP contribution in [0.15, 0.2) is 22.7 Å². The number of nitrogens with one attached hydrogen (secondary N) is 1. The molecule has 20 heavy (non-hydrogen) atoms. The maximum Gasteiger partial charge on any atom is 0.416 e. The third kappa shape index (κ3) is 4.40. The Hall–Kier alpha value is -1.24. The lowest BCUT2D eigenvalue weighted by molar-refractivity contribution is -0.137. The van der Waals surface area contributed by atoms with Gasteiger partial charge in [-0.15, -0.1) is 0 Å². The van der Waals surface area contributed by atoms with Crippen LogP contribution in [-0.4, -0.2) is 30.4 Å². The minimum Gasteiger partial charge on any atom is -0.375 e. The first-order valence-electron chi connectivity index (χ1n) is 6.18. The van der Waals surface area contributed by atoms with Gasteiger partial charge in [-0.25, -0.2) is 0 Å². The summed E-state index contributed by atoms with van der Waals surface area (Å²) in [6.07, 6.45) is -4.40. The number of halogens is 4. The maximum absolute atomic E-state index is 12.6. The second-order valence-corrected chi connectivity index (χ2v) is 4.97. The van der Waals surface area contributed by atoms with E-state index in [4.69, 9.17) is 0 Å². The molecule has 0 aliphatic carbocycles. The quantitative estimate of drug-likeness (QED) is 0.875. The van der Waals surface area contributed by atoms with Gasteiger partial charge in [-0.1, -0.05) is 0 Å². The molecule has 0 aromatic heterocycles. The van der Waals surface area contributed by atoms with Gasteiger partial charge in [0.25, 0.3) is 0 Å². The van der Waals surface area contributed by atoms with E-state index < -0.39 is 11.7 Å². The third-order valence-electron chi connectivity index (χ3n) is 2.84. The van der Waals surface area contributed by atoms with Crippen molar-refractivity contribution in [3.8, 4) is 0 Å². The van der Waals surface area contributed by atoms with Crippen molar-refractivity contribution in [3.05, 3.63) is 28.2 Å². The lowest BCUT2D eigenvalue weighted by Gasteiger charge is -2.19. The molecule has 0 aliphatic rings. The van der Waals surface area contributed by atoms with Gasteiger partial charge >= 0.3 is 6.18 Å². The number of likely N-dealkylation sites (N-methyl/N-ethyl adjacent to an activating group) is 1. The van der Waals surface area contributed by atoms with Gasteiger partial charge in [0.05, 0.1) is 12.1 Å². The molecule has 0 saturated carbocycles. The van der Waals surface area contributed by atoms with Crippen LogP contribution < -0.4 is 5.32 Å². The molecule has 0 unspecified atom stereocenters. The zero-order valence-electron chi connectivity index (χ0n) is 11.2. The van der Waals surface area contributed by atoms with E-state index in [1.54, 1.807) is 4.90 Å². The van der Waals surface area contributed by atoms with Crippen LogP contribution in [0, 0.1) is 0 Å². The monoisotopic (exact) mass is 352 g/mol. The van der Waals surface area contributed by atoms with Gasteiger partial charge in [-0.3, -0.25) is 4.79 Å². The Morgan fingerprint density at radius 2 is 1.90 bits per heavy atom. The molecule has 0 bridgehead atoms. The highest BCUT2D eigenvalue weighted by Crippen LogP contribution is 2.33. The predicted molar refractivity (Wildman–Crippen MR) is 75.6 cm³/mol. The maximum atomic E-state index is 12.6. The van der Waals surface area contributed by atoms with Gasteiger partial charge < -0.3 is 10.2 Å². The van der Waals surface area contributed by atoms with Crippen molar-refractivity contribution in [2.75, 3.05) is 25.0 Å². The standard InChI is InChI=1S/C13H16BrF3N2O/c1-3-19(4-2)12(20)8-18-11-7-9(13(15,16)17)5-6-10(11)14/h5-7,18H,3-4,8H2,1-2H3. The van der Waals surface area contributed by atoms with E-state index >= 15 is 0 Å². The summed E-state index contributed by atoms with van der Waals surface area (Å²) in [5.41, 5.74) is -0.501. The van der Waals surface area contributed by atoms with Crippen molar-refractivity contribution in [1.29, 1.82) is 0 Å². The van der Waals surface area contributed by atoms with Gasteiger partial charge in [-0.05, 0) is 48.0 Å². The average Bonchev–Trinajstić information content (AvgIpc) is 2.37. The molecule has 1 aromatic carbocycles. The van der Waals surface area contributed by atoms with Crippen LogP contribution in [0.1, 0.15) is 19.4 Å². The summed E-state index contributed by atoms with van der Waals surface area (Å²) in [6, 6.07) is 3.29. The molecule has 0 fully saturated rings. The molecule has 1 rings (SSSR count). The zero-order chi connectivity index (χ0) is 15.3. The second kappa shape index (κ2) is 6.97. The molecule has 0 aliphatic heterocycles. The van der Waals surface area contributed by atoms with Crippen LogP contribution >= 0.6 is 15.9 Å². The summed E-state index contributed by atoms with van der Waals surface area (Å²) in [5.74, 6) is -0.153. The molecule has 0 atom stereocenters. The number of carbonyl (C=O) groups is 1. The third-order valence-corrected chi connectivity index (χ3v) is 3.53. The number of nitrogens with zero attached hydrogens (tertiary/aromatic N) is 1. The number of hydrogen-bond acceptors (Lipinski definition) is 2. The molecule has 0 heterocycles. The van der Waals surface area contributed by atoms with E-state index in [-0.39, 0.29) is 18.1 Å². The van der Waals surface area contributed by atoms with Crippen molar-refractivity contribution in [2.24, 2.45) is 0 Å². The van der Waals surface area contributed by atoms with Crippen LogP contribution in [0.3, 0.4) is 0 Å². The van der Waals surface area contributed by atoms with Crippen molar-refractivity contribution < 1.29 is 18.0 Å². The summed E-state index contributed by atoms with van der Waals surface area (Å²) in [5, 5.41) is 2.74. The van der Waals surface area contributed by atoms with E-state index in [2.05, 4.69) is 21.2 Å². The van der Waals surface area contributed by atoms with Crippen molar-refractivity contribution in [2.45, 2.75) is 20.0 Å². The van der Waals surface area contributed by atoms with Crippen molar-refractivity contribution in [3.63, 3.8) is 0 Å². The topological polar surface area (TPSA) is 32.3 Å². The predicted octanol–water partition coefficient (Wildman–Crippen LogP) is 3.75. The van der Waals surface area contributed by atoms with Gasteiger partial charge in [0.1, 0.15) is 0 Å². The fourth-order valence-corrected chi connectivity index (χ4v) is 2.08. The number of amides is 1. The Morgan fingerprint density at radius 1 is 1.30 bits per heavy atom. The first-order valence-corrected chi connectivity index (χ1v) is 6.97. The molecule has 0 saturated heterocycles. The molecular weight excluding hydrogens is 337 g/mol. The number of alkyl halides is 3. The highest BCUT2D eigenvalue weighted by atomic mass is 79.9. The summed E-state index contributed by atoms with van der Waals surface area (Å²) in [6.45, 7) is 4.80. The summed E-state index contributed by atoms with van der Waals surface area (Å²) < 4.78 is 38.3. The Bertz CT molecular complexity index is 473. The number of benzene rings is 1. The lowest BCUT2D eigenvalue weighted by atomic mass is 10.2. The number of anilines is 1. The first kappa shape index (κ1) is 16.8. The molecule has 0 spiro atoms.